The van der Waals surface area contributed by atoms with E-state index in [-0.39, 0.29) is 12.1 Å². The number of ether oxygens (including phenoxy) is 1. The van der Waals surface area contributed by atoms with Crippen molar-refractivity contribution >= 4 is 6.09 Å². The zero-order chi connectivity index (χ0) is 13.6. The van der Waals surface area contributed by atoms with E-state index >= 15 is 0 Å². The van der Waals surface area contributed by atoms with Gasteiger partial charge >= 0.3 is 6.09 Å². The van der Waals surface area contributed by atoms with Crippen molar-refractivity contribution in [2.24, 2.45) is 0 Å². The van der Waals surface area contributed by atoms with Crippen LogP contribution in [0.5, 0.6) is 0 Å². The highest BCUT2D eigenvalue weighted by molar-refractivity contribution is 5.68. The average Bonchev–Trinajstić information content (AvgIpc) is 2.17. The SMILES string of the molecule is C#CCCCNC1CC(NC(=O)OC(C)(C)C)C1. The molecule has 1 amide bonds. The van der Waals surface area contributed by atoms with E-state index in [1.165, 1.54) is 0 Å². The van der Waals surface area contributed by atoms with Gasteiger partial charge in [-0.3, -0.25) is 0 Å². The van der Waals surface area contributed by atoms with E-state index in [0.29, 0.717) is 6.04 Å². The number of nitrogens with one attached hydrogen (secondary N) is 2. The molecule has 0 unspecified atom stereocenters. The molecular formula is C14H24N2O2. The molecule has 0 aromatic heterocycles. The normalized spacial score (nSPS) is 22.8. The van der Waals surface area contributed by atoms with Crippen LogP contribution >= 0.6 is 0 Å². The van der Waals surface area contributed by atoms with Gasteiger partial charge in [0.2, 0.25) is 0 Å². The Kier molecular flexibility index (Phi) is 5.49. The van der Waals surface area contributed by atoms with Crippen molar-refractivity contribution in [3.63, 3.8) is 0 Å². The molecule has 0 aliphatic heterocycles. The average molecular weight is 252 g/mol. The number of amides is 1. The third-order valence-electron chi connectivity index (χ3n) is 2.79. The smallest absolute Gasteiger partial charge is 0.407 e. The van der Waals surface area contributed by atoms with E-state index in [9.17, 15) is 4.79 Å². The second-order valence-electron chi connectivity index (χ2n) is 5.77. The summed E-state index contributed by atoms with van der Waals surface area (Å²) in [5, 5.41) is 6.29. The summed E-state index contributed by atoms with van der Waals surface area (Å²) in [6.45, 7) is 6.55. The van der Waals surface area contributed by atoms with Crippen LogP contribution in [0.2, 0.25) is 0 Å². The summed E-state index contributed by atoms with van der Waals surface area (Å²) in [5.74, 6) is 2.62. The summed E-state index contributed by atoms with van der Waals surface area (Å²) in [7, 11) is 0. The zero-order valence-electron chi connectivity index (χ0n) is 11.6. The Morgan fingerprint density at radius 1 is 1.39 bits per heavy atom. The van der Waals surface area contributed by atoms with Gasteiger partial charge in [0.15, 0.2) is 0 Å². The number of unbranched alkanes of at least 4 members (excludes halogenated alkanes) is 1. The summed E-state index contributed by atoms with van der Waals surface area (Å²) in [5.41, 5.74) is -0.430. The summed E-state index contributed by atoms with van der Waals surface area (Å²) < 4.78 is 5.20. The standard InChI is InChI=1S/C14H24N2O2/c1-5-6-7-8-15-11-9-12(10-11)16-13(17)18-14(2,3)4/h1,11-12,15H,6-10H2,2-4H3,(H,16,17). The Morgan fingerprint density at radius 3 is 2.61 bits per heavy atom. The minimum atomic E-state index is -0.430. The molecule has 4 heteroatoms. The fraction of sp³-hybridized carbons (Fsp3) is 0.786. The first kappa shape index (κ1) is 14.8. The van der Waals surface area contributed by atoms with Crippen LogP contribution in [0.4, 0.5) is 4.79 Å². The maximum atomic E-state index is 11.5. The van der Waals surface area contributed by atoms with E-state index in [2.05, 4.69) is 16.6 Å². The van der Waals surface area contributed by atoms with E-state index in [4.69, 9.17) is 11.2 Å². The van der Waals surface area contributed by atoms with E-state index < -0.39 is 5.60 Å². The second-order valence-corrected chi connectivity index (χ2v) is 5.77. The third kappa shape index (κ3) is 5.92. The predicted molar refractivity (Wildman–Crippen MR) is 72.2 cm³/mol. The first-order valence-electron chi connectivity index (χ1n) is 6.57. The first-order chi connectivity index (χ1) is 8.40. The molecule has 18 heavy (non-hydrogen) atoms. The van der Waals surface area contributed by atoms with Gasteiger partial charge in [0, 0.05) is 18.5 Å². The van der Waals surface area contributed by atoms with Gasteiger partial charge in [-0.15, -0.1) is 12.3 Å². The highest BCUT2D eigenvalue weighted by Gasteiger charge is 2.30. The maximum absolute atomic E-state index is 11.5. The molecule has 1 aliphatic rings. The van der Waals surface area contributed by atoms with Gasteiger partial charge in [-0.2, -0.15) is 0 Å². The molecule has 102 valence electrons. The third-order valence-corrected chi connectivity index (χ3v) is 2.79. The quantitative estimate of drug-likeness (QED) is 0.581. The number of terminal acetylenes is 1. The van der Waals surface area contributed by atoms with Crippen molar-refractivity contribution in [3.8, 4) is 12.3 Å². The molecule has 0 spiro atoms. The van der Waals surface area contributed by atoms with Crippen molar-refractivity contribution in [2.45, 2.75) is 64.1 Å². The lowest BCUT2D eigenvalue weighted by molar-refractivity contribution is 0.0465. The summed E-state index contributed by atoms with van der Waals surface area (Å²) >= 11 is 0. The number of hydrogen-bond acceptors (Lipinski definition) is 3. The van der Waals surface area contributed by atoms with Crippen LogP contribution in [0.25, 0.3) is 0 Å². The van der Waals surface area contributed by atoms with Crippen molar-refractivity contribution < 1.29 is 9.53 Å². The van der Waals surface area contributed by atoms with Gasteiger partial charge in [-0.25, -0.2) is 4.79 Å². The van der Waals surface area contributed by atoms with Gasteiger partial charge in [0.25, 0.3) is 0 Å². The number of hydrogen-bond donors (Lipinski definition) is 2. The molecule has 0 radical (unpaired) electrons. The lowest BCUT2D eigenvalue weighted by Gasteiger charge is -2.36. The van der Waals surface area contributed by atoms with Gasteiger partial charge < -0.3 is 15.4 Å². The molecular weight excluding hydrogens is 228 g/mol. The van der Waals surface area contributed by atoms with Crippen molar-refractivity contribution in [1.29, 1.82) is 0 Å². The first-order valence-corrected chi connectivity index (χ1v) is 6.57. The van der Waals surface area contributed by atoms with Crippen LogP contribution in [0.3, 0.4) is 0 Å². The van der Waals surface area contributed by atoms with Gasteiger partial charge in [0.1, 0.15) is 5.60 Å². The fourth-order valence-electron chi connectivity index (χ4n) is 1.87. The topological polar surface area (TPSA) is 50.4 Å². The Morgan fingerprint density at radius 2 is 2.06 bits per heavy atom. The molecule has 0 saturated heterocycles. The van der Waals surface area contributed by atoms with Crippen LogP contribution in [0, 0.1) is 12.3 Å². The molecule has 0 atom stereocenters. The minimum Gasteiger partial charge on any atom is -0.444 e. The fourth-order valence-corrected chi connectivity index (χ4v) is 1.87. The van der Waals surface area contributed by atoms with E-state index in [1.54, 1.807) is 0 Å². The van der Waals surface area contributed by atoms with Gasteiger partial charge in [-0.1, -0.05) is 0 Å². The Hall–Kier alpha value is -1.21. The van der Waals surface area contributed by atoms with Crippen LogP contribution in [0.1, 0.15) is 46.5 Å². The van der Waals surface area contributed by atoms with Crippen LogP contribution in [-0.2, 0) is 4.74 Å². The molecule has 4 nitrogen and oxygen atoms in total. The number of carbonyl (C=O) groups is 1. The predicted octanol–water partition coefficient (Wildman–Crippen LogP) is 2.05. The lowest BCUT2D eigenvalue weighted by Crippen LogP contribution is -2.53. The lowest BCUT2D eigenvalue weighted by atomic mass is 9.87. The maximum Gasteiger partial charge on any atom is 0.407 e. The molecule has 0 bridgehead atoms. The Balaban J connectivity index is 2.05. The minimum absolute atomic E-state index is 0.241. The molecule has 2 N–H and O–H groups in total. The molecule has 0 aromatic rings. The number of rotatable bonds is 5. The summed E-state index contributed by atoms with van der Waals surface area (Å²) in [6.07, 6.45) is 8.62. The van der Waals surface area contributed by atoms with E-state index in [0.717, 1.165) is 32.2 Å². The molecule has 1 aliphatic carbocycles. The molecule has 1 fully saturated rings. The second kappa shape index (κ2) is 6.65. The molecule has 1 rings (SSSR count). The van der Waals surface area contributed by atoms with Crippen LogP contribution < -0.4 is 10.6 Å². The van der Waals surface area contributed by atoms with E-state index in [1.807, 2.05) is 20.8 Å². The summed E-state index contributed by atoms with van der Waals surface area (Å²) in [6, 6.07) is 0.743. The zero-order valence-corrected chi connectivity index (χ0v) is 11.6. The highest BCUT2D eigenvalue weighted by atomic mass is 16.6. The summed E-state index contributed by atoms with van der Waals surface area (Å²) in [4.78, 5) is 11.5. The molecule has 0 heterocycles. The molecule has 0 aromatic carbocycles. The Bertz CT molecular complexity index is 309. The monoisotopic (exact) mass is 252 g/mol. The highest BCUT2D eigenvalue weighted by Crippen LogP contribution is 2.20. The number of alkyl carbamates (subject to hydrolysis) is 1. The van der Waals surface area contributed by atoms with Crippen molar-refractivity contribution in [3.05, 3.63) is 0 Å². The van der Waals surface area contributed by atoms with Gasteiger partial charge in [0.05, 0.1) is 0 Å². The van der Waals surface area contributed by atoms with Crippen molar-refractivity contribution in [1.82, 2.24) is 10.6 Å². The van der Waals surface area contributed by atoms with Crippen molar-refractivity contribution in [2.75, 3.05) is 6.54 Å². The number of carbonyl (C=O) groups excluding carboxylic acids is 1. The molecule has 1 saturated carbocycles. The Labute approximate surface area is 110 Å². The van der Waals surface area contributed by atoms with Crippen LogP contribution in [0.15, 0.2) is 0 Å². The van der Waals surface area contributed by atoms with Crippen LogP contribution in [-0.4, -0.2) is 30.3 Å². The van der Waals surface area contributed by atoms with Gasteiger partial charge in [-0.05, 0) is 46.6 Å². The largest absolute Gasteiger partial charge is 0.444 e.